The Balaban J connectivity index is 1.78. The molecule has 0 N–H and O–H groups in total. The van der Waals surface area contributed by atoms with Gasteiger partial charge in [0.2, 0.25) is 5.91 Å². The van der Waals surface area contributed by atoms with Crippen LogP contribution in [0.5, 0.6) is 11.5 Å². The second-order valence-electron chi connectivity index (χ2n) is 6.74. The Hall–Kier alpha value is -1.75. The highest BCUT2D eigenvalue weighted by Crippen LogP contribution is 2.37. The number of carbonyl (C=O) groups is 3. The van der Waals surface area contributed by atoms with Crippen molar-refractivity contribution in [3.05, 3.63) is 26.2 Å². The number of halogens is 1. The summed E-state index contributed by atoms with van der Waals surface area (Å²) in [5.41, 5.74) is 0.728. The number of nitrogens with zero attached hydrogens (tertiary/aromatic N) is 2. The molecule has 0 bridgehead atoms. The van der Waals surface area contributed by atoms with E-state index in [1.807, 2.05) is 13.0 Å². The number of thioether (sulfide) groups is 1. The first-order valence-corrected chi connectivity index (χ1v) is 11.4. The van der Waals surface area contributed by atoms with Crippen molar-refractivity contribution in [2.24, 2.45) is 0 Å². The van der Waals surface area contributed by atoms with Gasteiger partial charge in [-0.15, -0.1) is 0 Å². The fourth-order valence-corrected chi connectivity index (χ4v) is 4.78. The number of imide groups is 1. The smallest absolute Gasteiger partial charge is 0.294 e. The summed E-state index contributed by atoms with van der Waals surface area (Å²) in [6.45, 7) is 3.78. The van der Waals surface area contributed by atoms with Gasteiger partial charge in [-0.25, -0.2) is 0 Å². The number of hydrogen-bond acceptors (Lipinski definition) is 6. The summed E-state index contributed by atoms with van der Waals surface area (Å²) in [4.78, 5) is 40.4. The van der Waals surface area contributed by atoms with Crippen LogP contribution >= 0.6 is 34.4 Å². The maximum Gasteiger partial charge on any atom is 0.294 e. The molecular formula is C20H23IN2O5S. The van der Waals surface area contributed by atoms with Crippen LogP contribution in [0.15, 0.2) is 17.0 Å². The van der Waals surface area contributed by atoms with E-state index in [1.165, 1.54) is 0 Å². The molecule has 0 radical (unpaired) electrons. The SMILES string of the molecule is CCCOc1c(I)cc(/C=C2\SC(=O)N(CC(=O)N3CCCC3)C2=O)cc1OC. The lowest BCUT2D eigenvalue weighted by Crippen LogP contribution is -2.40. The van der Waals surface area contributed by atoms with Crippen molar-refractivity contribution in [1.82, 2.24) is 9.80 Å². The van der Waals surface area contributed by atoms with Gasteiger partial charge in [-0.3, -0.25) is 19.3 Å². The fraction of sp³-hybridized carbons (Fsp3) is 0.450. The topological polar surface area (TPSA) is 76.2 Å². The largest absolute Gasteiger partial charge is 0.493 e. The van der Waals surface area contributed by atoms with Gasteiger partial charge < -0.3 is 14.4 Å². The molecule has 0 atom stereocenters. The van der Waals surface area contributed by atoms with Gasteiger partial charge in [-0.1, -0.05) is 6.92 Å². The Morgan fingerprint density at radius 2 is 2.00 bits per heavy atom. The van der Waals surface area contributed by atoms with E-state index in [-0.39, 0.29) is 12.5 Å². The van der Waals surface area contributed by atoms with E-state index < -0.39 is 11.1 Å². The van der Waals surface area contributed by atoms with Crippen molar-refractivity contribution in [2.45, 2.75) is 26.2 Å². The Morgan fingerprint density at radius 1 is 1.28 bits per heavy atom. The molecule has 1 aromatic rings. The predicted molar refractivity (Wildman–Crippen MR) is 120 cm³/mol. The zero-order valence-corrected chi connectivity index (χ0v) is 19.4. The van der Waals surface area contributed by atoms with Crippen LogP contribution in [-0.2, 0) is 9.59 Å². The number of carbonyl (C=O) groups excluding carboxylic acids is 3. The summed E-state index contributed by atoms with van der Waals surface area (Å²) >= 11 is 3.01. The monoisotopic (exact) mass is 530 g/mol. The average Bonchev–Trinajstić information content (AvgIpc) is 3.32. The van der Waals surface area contributed by atoms with Crippen LogP contribution < -0.4 is 9.47 Å². The van der Waals surface area contributed by atoms with E-state index in [0.717, 1.165) is 45.1 Å². The molecule has 3 amide bonds. The second-order valence-corrected chi connectivity index (χ2v) is 8.89. The van der Waals surface area contributed by atoms with Crippen LogP contribution in [0.4, 0.5) is 4.79 Å². The predicted octanol–water partition coefficient (Wildman–Crippen LogP) is 3.75. The molecule has 2 heterocycles. The van der Waals surface area contributed by atoms with Crippen molar-refractivity contribution >= 4 is 57.5 Å². The maximum atomic E-state index is 12.7. The molecule has 0 unspecified atom stereocenters. The molecule has 2 aliphatic heterocycles. The lowest BCUT2D eigenvalue weighted by molar-refractivity contribution is -0.135. The minimum atomic E-state index is -0.437. The van der Waals surface area contributed by atoms with Crippen LogP contribution in [0.25, 0.3) is 6.08 Å². The van der Waals surface area contributed by atoms with E-state index >= 15 is 0 Å². The van der Waals surface area contributed by atoms with Crippen molar-refractivity contribution in [2.75, 3.05) is 33.4 Å². The molecular weight excluding hydrogens is 507 g/mol. The lowest BCUT2D eigenvalue weighted by atomic mass is 10.2. The zero-order valence-electron chi connectivity index (χ0n) is 16.4. The number of amides is 3. The molecule has 156 valence electrons. The Bertz CT molecular complexity index is 852. The third-order valence-electron chi connectivity index (χ3n) is 4.63. The van der Waals surface area contributed by atoms with Gasteiger partial charge in [0.1, 0.15) is 6.54 Å². The second kappa shape index (κ2) is 9.84. The number of benzene rings is 1. The van der Waals surface area contributed by atoms with E-state index in [2.05, 4.69) is 22.6 Å². The molecule has 1 aromatic carbocycles. The molecule has 29 heavy (non-hydrogen) atoms. The zero-order chi connectivity index (χ0) is 21.0. The summed E-state index contributed by atoms with van der Waals surface area (Å²) in [6.07, 6.45) is 4.46. The Kier molecular flexibility index (Phi) is 7.44. The van der Waals surface area contributed by atoms with E-state index in [9.17, 15) is 14.4 Å². The van der Waals surface area contributed by atoms with Gasteiger partial charge >= 0.3 is 0 Å². The minimum absolute atomic E-state index is 0.181. The van der Waals surface area contributed by atoms with Gasteiger partial charge in [0.15, 0.2) is 11.5 Å². The molecule has 0 saturated carbocycles. The molecule has 0 aromatic heterocycles. The van der Waals surface area contributed by atoms with Crippen LogP contribution in [0.1, 0.15) is 31.7 Å². The summed E-state index contributed by atoms with van der Waals surface area (Å²) in [6, 6.07) is 3.65. The summed E-state index contributed by atoms with van der Waals surface area (Å²) in [5, 5.41) is -0.418. The van der Waals surface area contributed by atoms with Gasteiger partial charge in [-0.05, 0) is 77.4 Å². The molecule has 0 spiro atoms. The highest BCUT2D eigenvalue weighted by molar-refractivity contribution is 14.1. The highest BCUT2D eigenvalue weighted by Gasteiger charge is 2.37. The third-order valence-corrected chi connectivity index (χ3v) is 6.33. The van der Waals surface area contributed by atoms with Gasteiger partial charge in [-0.2, -0.15) is 0 Å². The van der Waals surface area contributed by atoms with E-state index in [0.29, 0.717) is 36.1 Å². The maximum absolute atomic E-state index is 12.7. The van der Waals surface area contributed by atoms with Gasteiger partial charge in [0.05, 0.1) is 22.2 Å². The third kappa shape index (κ3) is 5.06. The number of rotatable bonds is 7. The molecule has 7 nitrogen and oxygen atoms in total. The first-order chi connectivity index (χ1) is 13.9. The van der Waals surface area contributed by atoms with Crippen LogP contribution in [0, 0.1) is 3.57 Å². The van der Waals surface area contributed by atoms with Crippen LogP contribution in [0.2, 0.25) is 0 Å². The average molecular weight is 530 g/mol. The van der Waals surface area contributed by atoms with Crippen molar-refractivity contribution in [3.8, 4) is 11.5 Å². The highest BCUT2D eigenvalue weighted by atomic mass is 127. The first-order valence-electron chi connectivity index (χ1n) is 9.48. The molecule has 2 saturated heterocycles. The molecule has 9 heteroatoms. The summed E-state index contributed by atoms with van der Waals surface area (Å²) in [7, 11) is 1.56. The fourth-order valence-electron chi connectivity index (χ4n) is 3.16. The molecule has 0 aliphatic carbocycles. The van der Waals surface area contributed by atoms with Crippen molar-refractivity contribution < 1.29 is 23.9 Å². The number of likely N-dealkylation sites (tertiary alicyclic amines) is 1. The molecule has 2 fully saturated rings. The van der Waals surface area contributed by atoms with Gasteiger partial charge in [0.25, 0.3) is 11.1 Å². The normalized spacial score (nSPS) is 18.1. The van der Waals surface area contributed by atoms with E-state index in [4.69, 9.17) is 9.47 Å². The number of methoxy groups -OCH3 is 1. The first kappa shape index (κ1) is 21.9. The standard InChI is InChI=1S/C20H23IN2O5S/c1-3-8-28-18-14(21)9-13(10-15(18)27-2)11-16-19(25)23(20(26)29-16)12-17(24)22-6-4-5-7-22/h9-11H,3-8,12H2,1-2H3/b16-11-. The van der Waals surface area contributed by atoms with Crippen molar-refractivity contribution in [1.29, 1.82) is 0 Å². The lowest BCUT2D eigenvalue weighted by Gasteiger charge is -2.18. The summed E-state index contributed by atoms with van der Waals surface area (Å²) < 4.78 is 12.0. The van der Waals surface area contributed by atoms with Crippen LogP contribution in [0.3, 0.4) is 0 Å². The summed E-state index contributed by atoms with van der Waals surface area (Å²) in [5.74, 6) is 0.615. The van der Waals surface area contributed by atoms with Crippen LogP contribution in [-0.4, -0.2) is 60.2 Å². The number of hydrogen-bond donors (Lipinski definition) is 0. The quantitative estimate of drug-likeness (QED) is 0.395. The minimum Gasteiger partial charge on any atom is -0.493 e. The Morgan fingerprint density at radius 3 is 2.66 bits per heavy atom. The molecule has 3 rings (SSSR count). The molecule has 2 aliphatic rings. The van der Waals surface area contributed by atoms with Gasteiger partial charge in [0, 0.05) is 13.1 Å². The Labute approximate surface area is 187 Å². The number of ether oxygens (including phenoxy) is 2. The van der Waals surface area contributed by atoms with E-state index in [1.54, 1.807) is 24.2 Å². The van der Waals surface area contributed by atoms with Crippen molar-refractivity contribution in [3.63, 3.8) is 0 Å².